The van der Waals surface area contributed by atoms with Crippen LogP contribution in [0.5, 0.6) is 0 Å². The molecule has 0 aromatic heterocycles. The molecule has 0 unspecified atom stereocenters. The predicted molar refractivity (Wildman–Crippen MR) is 98.1 cm³/mol. The molecular weight excluding hydrogens is 353 g/mol. The van der Waals surface area contributed by atoms with Crippen LogP contribution in [0.25, 0.3) is 0 Å². The van der Waals surface area contributed by atoms with E-state index in [1.807, 2.05) is 32.0 Å². The summed E-state index contributed by atoms with van der Waals surface area (Å²) in [6.07, 6.45) is -0.00466. The third kappa shape index (κ3) is 3.79. The number of amides is 2. The minimum absolute atomic E-state index is 0.00466. The van der Waals surface area contributed by atoms with Crippen molar-refractivity contribution in [3.8, 4) is 0 Å². The van der Waals surface area contributed by atoms with Gasteiger partial charge in [0.1, 0.15) is 5.82 Å². The smallest absolute Gasteiger partial charge is 0.271 e. The number of hydrogen-bond donors (Lipinski definition) is 1. The van der Waals surface area contributed by atoms with Crippen LogP contribution < -0.4 is 10.2 Å². The van der Waals surface area contributed by atoms with Crippen LogP contribution in [0.2, 0.25) is 0 Å². The normalized spacial score (nSPS) is 16.5. The van der Waals surface area contributed by atoms with Gasteiger partial charge in [0, 0.05) is 30.8 Å². The van der Waals surface area contributed by atoms with Crippen molar-refractivity contribution >= 4 is 28.9 Å². The Labute approximate surface area is 154 Å². The molecule has 0 saturated carbocycles. The minimum Gasteiger partial charge on any atom is -0.323 e. The Kier molecular flexibility index (Phi) is 4.89. The summed E-state index contributed by atoms with van der Waals surface area (Å²) in [5.41, 5.74) is 2.24. The molecule has 1 atom stereocenters. The van der Waals surface area contributed by atoms with Gasteiger partial charge in [-0.3, -0.25) is 19.7 Å². The number of benzene rings is 2. The van der Waals surface area contributed by atoms with E-state index in [4.69, 9.17) is 0 Å². The van der Waals surface area contributed by atoms with E-state index in [0.717, 1.165) is 29.3 Å². The number of hydrogen-bond acceptors (Lipinski definition) is 4. The monoisotopic (exact) mass is 371 g/mol. The number of nitrogens with one attached hydrogen (secondary N) is 1. The van der Waals surface area contributed by atoms with Gasteiger partial charge in [0.05, 0.1) is 16.5 Å². The van der Waals surface area contributed by atoms with E-state index in [0.29, 0.717) is 5.69 Å². The van der Waals surface area contributed by atoms with Crippen molar-refractivity contribution in [2.45, 2.75) is 20.3 Å². The zero-order valence-corrected chi connectivity index (χ0v) is 14.9. The van der Waals surface area contributed by atoms with Crippen molar-refractivity contribution in [3.63, 3.8) is 0 Å². The largest absolute Gasteiger partial charge is 0.323 e. The van der Waals surface area contributed by atoms with Crippen LogP contribution in [0.15, 0.2) is 36.4 Å². The molecule has 1 N–H and O–H groups in total. The lowest BCUT2D eigenvalue weighted by molar-refractivity contribution is -0.384. The van der Waals surface area contributed by atoms with Gasteiger partial charge >= 0.3 is 0 Å². The summed E-state index contributed by atoms with van der Waals surface area (Å²) in [6, 6.07) is 8.52. The number of nitro groups is 1. The van der Waals surface area contributed by atoms with Crippen LogP contribution >= 0.6 is 0 Å². The summed E-state index contributed by atoms with van der Waals surface area (Å²) in [7, 11) is 0. The molecule has 1 aliphatic heterocycles. The summed E-state index contributed by atoms with van der Waals surface area (Å²) >= 11 is 0. The second-order valence-corrected chi connectivity index (χ2v) is 6.58. The fourth-order valence-corrected chi connectivity index (χ4v) is 2.98. The van der Waals surface area contributed by atoms with Crippen LogP contribution in [-0.2, 0) is 9.59 Å². The Morgan fingerprint density at radius 1 is 1.22 bits per heavy atom. The first-order valence-corrected chi connectivity index (χ1v) is 8.38. The molecule has 0 aliphatic carbocycles. The van der Waals surface area contributed by atoms with Gasteiger partial charge in [-0.25, -0.2) is 4.39 Å². The number of nitrogens with zero attached hydrogens (tertiary/aromatic N) is 2. The molecule has 0 spiro atoms. The Bertz CT molecular complexity index is 945. The zero-order chi connectivity index (χ0) is 19.7. The molecule has 27 heavy (non-hydrogen) atoms. The van der Waals surface area contributed by atoms with Gasteiger partial charge in [-0.15, -0.1) is 0 Å². The molecule has 1 fully saturated rings. The Hall–Kier alpha value is -3.29. The highest BCUT2D eigenvalue weighted by molar-refractivity contribution is 6.03. The number of aryl methyl sites for hydroxylation is 2. The average Bonchev–Trinajstić information content (AvgIpc) is 3.01. The molecule has 1 heterocycles. The average molecular weight is 371 g/mol. The molecule has 3 rings (SSSR count). The van der Waals surface area contributed by atoms with Crippen molar-refractivity contribution in [2.24, 2.45) is 5.92 Å². The second kappa shape index (κ2) is 7.14. The highest BCUT2D eigenvalue weighted by Gasteiger charge is 2.35. The van der Waals surface area contributed by atoms with Crippen molar-refractivity contribution < 1.29 is 18.9 Å². The van der Waals surface area contributed by atoms with Gasteiger partial charge < -0.3 is 10.2 Å². The first-order valence-electron chi connectivity index (χ1n) is 8.38. The Balaban J connectivity index is 1.75. The first kappa shape index (κ1) is 18.5. The summed E-state index contributed by atoms with van der Waals surface area (Å²) in [6.45, 7) is 4.08. The molecule has 1 saturated heterocycles. The van der Waals surface area contributed by atoms with E-state index in [1.165, 1.54) is 4.90 Å². The quantitative estimate of drug-likeness (QED) is 0.659. The van der Waals surface area contributed by atoms with E-state index in [9.17, 15) is 24.1 Å². The number of rotatable bonds is 4. The molecule has 7 nitrogen and oxygen atoms in total. The van der Waals surface area contributed by atoms with Crippen LogP contribution in [-0.4, -0.2) is 23.3 Å². The molecule has 2 aromatic carbocycles. The predicted octanol–water partition coefficient (Wildman–Crippen LogP) is 3.34. The number of non-ortho nitro benzene ring substituents is 1. The standard InChI is InChI=1S/C19H18FN3O4/c1-11-3-4-14(7-12(11)2)22-10-13(8-18(22)24)19(25)21-17-9-15(23(26)27)5-6-16(17)20/h3-7,9,13H,8,10H2,1-2H3,(H,21,25)/t13-/m0/s1. The van der Waals surface area contributed by atoms with Crippen molar-refractivity contribution in [1.29, 1.82) is 0 Å². The number of nitro benzene ring substituents is 1. The van der Waals surface area contributed by atoms with Crippen molar-refractivity contribution in [3.05, 3.63) is 63.5 Å². The molecule has 0 radical (unpaired) electrons. The van der Waals surface area contributed by atoms with Crippen LogP contribution in [0, 0.1) is 35.7 Å². The Morgan fingerprint density at radius 3 is 2.63 bits per heavy atom. The first-order chi connectivity index (χ1) is 12.8. The summed E-state index contributed by atoms with van der Waals surface area (Å²) < 4.78 is 13.9. The molecule has 0 bridgehead atoms. The van der Waals surface area contributed by atoms with Gasteiger partial charge in [0.15, 0.2) is 0 Å². The number of carbonyl (C=O) groups excluding carboxylic acids is 2. The fourth-order valence-electron chi connectivity index (χ4n) is 2.98. The summed E-state index contributed by atoms with van der Waals surface area (Å²) in [4.78, 5) is 36.5. The van der Waals surface area contributed by atoms with Gasteiger partial charge in [-0.2, -0.15) is 0 Å². The van der Waals surface area contributed by atoms with E-state index < -0.39 is 22.6 Å². The van der Waals surface area contributed by atoms with Crippen molar-refractivity contribution in [2.75, 3.05) is 16.8 Å². The van der Waals surface area contributed by atoms with Crippen LogP contribution in [0.3, 0.4) is 0 Å². The fraction of sp³-hybridized carbons (Fsp3) is 0.263. The Morgan fingerprint density at radius 2 is 1.96 bits per heavy atom. The molecule has 2 aromatic rings. The van der Waals surface area contributed by atoms with Gasteiger partial charge in [0.2, 0.25) is 11.8 Å². The molecule has 140 valence electrons. The molecular formula is C19H18FN3O4. The van der Waals surface area contributed by atoms with Crippen LogP contribution in [0.4, 0.5) is 21.5 Å². The number of halogens is 1. The zero-order valence-electron chi connectivity index (χ0n) is 14.9. The van der Waals surface area contributed by atoms with Crippen molar-refractivity contribution in [1.82, 2.24) is 0 Å². The topological polar surface area (TPSA) is 92.6 Å². The molecule has 1 aliphatic rings. The van der Waals surface area contributed by atoms with E-state index >= 15 is 0 Å². The van der Waals surface area contributed by atoms with Gasteiger partial charge in [0.25, 0.3) is 5.69 Å². The van der Waals surface area contributed by atoms with E-state index in [1.54, 1.807) is 0 Å². The lowest BCUT2D eigenvalue weighted by Crippen LogP contribution is -2.28. The van der Waals surface area contributed by atoms with E-state index in [2.05, 4.69) is 5.32 Å². The van der Waals surface area contributed by atoms with E-state index in [-0.39, 0.29) is 30.2 Å². The summed E-state index contributed by atoms with van der Waals surface area (Å²) in [5.74, 6) is -2.19. The maximum Gasteiger partial charge on any atom is 0.271 e. The highest BCUT2D eigenvalue weighted by atomic mass is 19.1. The lowest BCUT2D eigenvalue weighted by Gasteiger charge is -2.18. The third-order valence-corrected chi connectivity index (χ3v) is 4.72. The molecule has 8 heteroatoms. The van der Waals surface area contributed by atoms with Gasteiger partial charge in [-0.1, -0.05) is 6.07 Å². The van der Waals surface area contributed by atoms with Gasteiger partial charge in [-0.05, 0) is 43.2 Å². The van der Waals surface area contributed by atoms with Crippen LogP contribution in [0.1, 0.15) is 17.5 Å². The number of anilines is 2. The summed E-state index contributed by atoms with van der Waals surface area (Å²) in [5, 5.41) is 13.2. The number of carbonyl (C=O) groups is 2. The maximum absolute atomic E-state index is 13.9. The lowest BCUT2D eigenvalue weighted by atomic mass is 10.1. The highest BCUT2D eigenvalue weighted by Crippen LogP contribution is 2.28. The SMILES string of the molecule is Cc1ccc(N2C[C@@H](C(=O)Nc3cc([N+](=O)[O-])ccc3F)CC2=O)cc1C. The molecule has 2 amide bonds. The third-order valence-electron chi connectivity index (χ3n) is 4.72. The maximum atomic E-state index is 13.9. The minimum atomic E-state index is -0.774. The second-order valence-electron chi connectivity index (χ2n) is 6.58.